The highest BCUT2D eigenvalue weighted by atomic mass is 16.5. The summed E-state index contributed by atoms with van der Waals surface area (Å²) in [5, 5.41) is 10.2. The summed E-state index contributed by atoms with van der Waals surface area (Å²) < 4.78 is 10.4. The number of aromatic nitrogens is 2. The molecule has 1 N–H and O–H groups in total. The molecule has 2 aromatic rings. The number of carbonyl (C=O) groups is 2. The Morgan fingerprint density at radius 2 is 1.86 bits per heavy atom. The van der Waals surface area contributed by atoms with E-state index in [1.807, 2.05) is 6.92 Å². The van der Waals surface area contributed by atoms with Gasteiger partial charge in [-0.05, 0) is 17.7 Å². The first-order valence-corrected chi connectivity index (χ1v) is 6.90. The van der Waals surface area contributed by atoms with Crippen LogP contribution >= 0.6 is 0 Å². The molecule has 1 heterocycles. The fourth-order valence-electron chi connectivity index (χ4n) is 1.69. The Morgan fingerprint density at radius 1 is 1.18 bits per heavy atom. The van der Waals surface area contributed by atoms with Gasteiger partial charge in [0.1, 0.15) is 0 Å². The van der Waals surface area contributed by atoms with Crippen LogP contribution in [0.15, 0.2) is 28.7 Å². The van der Waals surface area contributed by atoms with Gasteiger partial charge in [0.05, 0.1) is 5.56 Å². The molecule has 2 rings (SSSR count). The molecule has 1 aromatic carbocycles. The number of ether oxygens (including phenoxy) is 1. The average molecular weight is 303 g/mol. The normalized spacial score (nSPS) is 10.3. The third-order valence-electron chi connectivity index (χ3n) is 2.87. The molecule has 0 aliphatic carbocycles. The van der Waals surface area contributed by atoms with E-state index in [4.69, 9.17) is 9.15 Å². The monoisotopic (exact) mass is 303 g/mol. The number of nitrogens with zero attached hydrogens (tertiary/aromatic N) is 2. The van der Waals surface area contributed by atoms with Gasteiger partial charge in [-0.1, -0.05) is 19.1 Å². The minimum atomic E-state index is -0.470. The number of benzene rings is 1. The van der Waals surface area contributed by atoms with Crippen LogP contribution in [0.1, 0.15) is 41.6 Å². The lowest BCUT2D eigenvalue weighted by Gasteiger charge is -2.05. The number of amides is 1. The van der Waals surface area contributed by atoms with E-state index in [-0.39, 0.29) is 18.4 Å². The molecule has 7 heteroatoms. The molecule has 0 saturated carbocycles. The van der Waals surface area contributed by atoms with Crippen molar-refractivity contribution in [3.63, 3.8) is 0 Å². The second-order valence-electron chi connectivity index (χ2n) is 4.63. The first-order valence-electron chi connectivity index (χ1n) is 6.90. The summed E-state index contributed by atoms with van der Waals surface area (Å²) in [6.07, 6.45) is 0.636. The molecule has 7 nitrogen and oxygen atoms in total. The quantitative estimate of drug-likeness (QED) is 0.815. The van der Waals surface area contributed by atoms with Crippen molar-refractivity contribution in [2.75, 3.05) is 0 Å². The summed E-state index contributed by atoms with van der Waals surface area (Å²) in [6.45, 7) is 3.71. The standard InChI is InChI=1S/C15H17N3O4/c1-3-13-17-18-14(22-13)9-21-15(20)12-6-4-11(5-7-12)8-16-10(2)19/h4-7H,3,8-9H2,1-2H3,(H,16,19). The van der Waals surface area contributed by atoms with E-state index in [1.165, 1.54) is 6.92 Å². The Labute approximate surface area is 127 Å². The highest BCUT2D eigenvalue weighted by Gasteiger charge is 2.10. The first-order chi connectivity index (χ1) is 10.6. The second-order valence-corrected chi connectivity index (χ2v) is 4.63. The molecule has 0 bridgehead atoms. The highest BCUT2D eigenvalue weighted by molar-refractivity contribution is 5.89. The lowest BCUT2D eigenvalue weighted by atomic mass is 10.1. The summed E-state index contributed by atoms with van der Waals surface area (Å²) in [4.78, 5) is 22.7. The van der Waals surface area contributed by atoms with Gasteiger partial charge in [-0.3, -0.25) is 4.79 Å². The predicted octanol–water partition coefficient (Wildman–Crippen LogP) is 1.63. The predicted molar refractivity (Wildman–Crippen MR) is 76.8 cm³/mol. The van der Waals surface area contributed by atoms with Crippen LogP contribution in [-0.2, 0) is 29.1 Å². The van der Waals surface area contributed by atoms with Crippen molar-refractivity contribution in [3.05, 3.63) is 47.2 Å². The van der Waals surface area contributed by atoms with Crippen LogP contribution in [0.3, 0.4) is 0 Å². The Bertz CT molecular complexity index is 649. The van der Waals surface area contributed by atoms with E-state index in [0.29, 0.717) is 24.4 Å². The van der Waals surface area contributed by atoms with Crippen LogP contribution < -0.4 is 5.32 Å². The van der Waals surface area contributed by atoms with E-state index in [1.54, 1.807) is 24.3 Å². The maximum atomic E-state index is 11.9. The average Bonchev–Trinajstić information content (AvgIpc) is 2.99. The molecule has 116 valence electrons. The van der Waals surface area contributed by atoms with E-state index in [0.717, 1.165) is 5.56 Å². The summed E-state index contributed by atoms with van der Waals surface area (Å²) in [5.41, 5.74) is 1.32. The largest absolute Gasteiger partial charge is 0.452 e. The van der Waals surface area contributed by atoms with Crippen molar-refractivity contribution >= 4 is 11.9 Å². The molecule has 0 spiro atoms. The lowest BCUT2D eigenvalue weighted by molar-refractivity contribution is -0.119. The lowest BCUT2D eigenvalue weighted by Crippen LogP contribution is -2.18. The summed E-state index contributed by atoms with van der Waals surface area (Å²) in [7, 11) is 0. The number of hydrogen-bond donors (Lipinski definition) is 1. The van der Waals surface area contributed by atoms with Crippen molar-refractivity contribution in [2.24, 2.45) is 0 Å². The molecule has 0 aliphatic heterocycles. The molecule has 0 fully saturated rings. The Balaban J connectivity index is 1.87. The molecular weight excluding hydrogens is 286 g/mol. The van der Waals surface area contributed by atoms with Crippen LogP contribution in [0.2, 0.25) is 0 Å². The van der Waals surface area contributed by atoms with Crippen molar-refractivity contribution in [1.29, 1.82) is 0 Å². The van der Waals surface area contributed by atoms with E-state index in [9.17, 15) is 9.59 Å². The first kappa shape index (κ1) is 15.7. The molecule has 0 radical (unpaired) electrons. The Morgan fingerprint density at radius 3 is 2.45 bits per heavy atom. The zero-order valence-corrected chi connectivity index (χ0v) is 12.5. The topological polar surface area (TPSA) is 94.3 Å². The molecular formula is C15H17N3O4. The van der Waals surface area contributed by atoms with Gasteiger partial charge < -0.3 is 14.5 Å². The number of aryl methyl sites for hydroxylation is 1. The van der Waals surface area contributed by atoms with E-state index >= 15 is 0 Å². The molecule has 0 atom stereocenters. The smallest absolute Gasteiger partial charge is 0.338 e. The third kappa shape index (κ3) is 4.41. The molecule has 1 aromatic heterocycles. The van der Waals surface area contributed by atoms with Gasteiger partial charge in [-0.25, -0.2) is 4.79 Å². The zero-order valence-electron chi connectivity index (χ0n) is 12.5. The van der Waals surface area contributed by atoms with Gasteiger partial charge in [0, 0.05) is 19.9 Å². The van der Waals surface area contributed by atoms with Crippen molar-refractivity contribution in [1.82, 2.24) is 15.5 Å². The van der Waals surface area contributed by atoms with Crippen LogP contribution in [0.25, 0.3) is 0 Å². The number of esters is 1. The van der Waals surface area contributed by atoms with Gasteiger partial charge in [0.25, 0.3) is 5.89 Å². The van der Waals surface area contributed by atoms with Gasteiger partial charge >= 0.3 is 5.97 Å². The van der Waals surface area contributed by atoms with E-state index < -0.39 is 5.97 Å². The molecule has 1 amide bonds. The summed E-state index contributed by atoms with van der Waals surface area (Å²) >= 11 is 0. The van der Waals surface area contributed by atoms with Gasteiger partial charge in [-0.2, -0.15) is 0 Å². The summed E-state index contributed by atoms with van der Waals surface area (Å²) in [5.74, 6) is 0.206. The minimum Gasteiger partial charge on any atom is -0.452 e. The van der Waals surface area contributed by atoms with Crippen molar-refractivity contribution in [3.8, 4) is 0 Å². The van der Waals surface area contributed by atoms with Crippen LogP contribution in [0, 0.1) is 0 Å². The Hall–Kier alpha value is -2.70. The van der Waals surface area contributed by atoms with Crippen LogP contribution in [0.5, 0.6) is 0 Å². The maximum absolute atomic E-state index is 11.9. The molecule has 0 saturated heterocycles. The summed E-state index contributed by atoms with van der Waals surface area (Å²) in [6, 6.07) is 6.80. The molecule has 0 unspecified atom stereocenters. The highest BCUT2D eigenvalue weighted by Crippen LogP contribution is 2.08. The minimum absolute atomic E-state index is 0.0561. The molecule has 0 aliphatic rings. The number of nitrogens with one attached hydrogen (secondary N) is 1. The van der Waals surface area contributed by atoms with Gasteiger partial charge in [0.2, 0.25) is 11.8 Å². The van der Waals surface area contributed by atoms with Gasteiger partial charge in [-0.15, -0.1) is 10.2 Å². The zero-order chi connectivity index (χ0) is 15.9. The van der Waals surface area contributed by atoms with Crippen molar-refractivity contribution < 1.29 is 18.7 Å². The molecule has 22 heavy (non-hydrogen) atoms. The second kappa shape index (κ2) is 7.35. The fraction of sp³-hybridized carbons (Fsp3) is 0.333. The Kier molecular flexibility index (Phi) is 5.24. The third-order valence-corrected chi connectivity index (χ3v) is 2.87. The maximum Gasteiger partial charge on any atom is 0.338 e. The number of carbonyl (C=O) groups excluding carboxylic acids is 2. The van der Waals surface area contributed by atoms with E-state index in [2.05, 4.69) is 15.5 Å². The number of rotatable bonds is 6. The SMILES string of the molecule is CCc1nnc(COC(=O)c2ccc(CNC(C)=O)cc2)o1. The van der Waals surface area contributed by atoms with Gasteiger partial charge in [0.15, 0.2) is 6.61 Å². The fourth-order valence-corrected chi connectivity index (χ4v) is 1.69. The van der Waals surface area contributed by atoms with Crippen LogP contribution in [-0.4, -0.2) is 22.1 Å². The van der Waals surface area contributed by atoms with Crippen LogP contribution in [0.4, 0.5) is 0 Å². The number of hydrogen-bond acceptors (Lipinski definition) is 6. The van der Waals surface area contributed by atoms with Crippen molar-refractivity contribution in [2.45, 2.75) is 33.4 Å².